The van der Waals surface area contributed by atoms with E-state index >= 15 is 0 Å². The number of rotatable bonds is 3. The summed E-state index contributed by atoms with van der Waals surface area (Å²) in [6.07, 6.45) is 0. The third-order valence-electron chi connectivity index (χ3n) is 7.32. The molecular weight excluding hydrogens is 499 g/mol. The Morgan fingerprint density at radius 3 is 1.92 bits per heavy atom. The Hall–Kier alpha value is -4.41. The minimum Gasteiger partial charge on any atom is -0.306 e. The Bertz CT molecular complexity index is 1810. The van der Waals surface area contributed by atoms with E-state index in [9.17, 15) is 4.39 Å². The zero-order valence-corrected chi connectivity index (χ0v) is 22.5. The van der Waals surface area contributed by atoms with Gasteiger partial charge in [0.05, 0.1) is 28.3 Å². The number of benzene rings is 5. The maximum Gasteiger partial charge on any atom is 0.123 e. The Labute approximate surface area is 231 Å². The fourth-order valence-corrected chi connectivity index (χ4v) is 6.43. The molecule has 0 aliphatic carbocycles. The summed E-state index contributed by atoms with van der Waals surface area (Å²) < 4.78 is 13.8. The van der Waals surface area contributed by atoms with Gasteiger partial charge < -0.3 is 4.90 Å². The molecule has 39 heavy (non-hydrogen) atoms. The van der Waals surface area contributed by atoms with Crippen molar-refractivity contribution in [3.05, 3.63) is 132 Å². The van der Waals surface area contributed by atoms with Gasteiger partial charge in [0.25, 0.3) is 0 Å². The number of halogens is 1. The van der Waals surface area contributed by atoms with Crippen molar-refractivity contribution < 1.29 is 4.39 Å². The lowest BCUT2D eigenvalue weighted by Gasteiger charge is -2.33. The number of fused-ring (bicyclic) bond motifs is 3. The smallest absolute Gasteiger partial charge is 0.123 e. The van der Waals surface area contributed by atoms with Crippen LogP contribution in [-0.4, -0.2) is 4.98 Å². The zero-order valence-electron chi connectivity index (χ0n) is 21.7. The van der Waals surface area contributed by atoms with Crippen molar-refractivity contribution in [2.75, 3.05) is 4.90 Å². The highest BCUT2D eigenvalue weighted by Gasteiger charge is 2.27. The standard InChI is InChI=1S/C35H25FN2S/c1-22-11-14-24(15-12-22)27-21-28(25-16-18-26(36)19-17-25)37-35-31(20-13-23(2)34(27)35)38-29-7-3-5-9-32(29)39-33-10-6-4-8-30(33)38/h3-21H,1-2H3. The van der Waals surface area contributed by atoms with E-state index in [1.807, 2.05) is 0 Å². The predicted octanol–water partition coefficient (Wildman–Crippen LogP) is 10.3. The molecule has 4 heteroatoms. The van der Waals surface area contributed by atoms with Crippen molar-refractivity contribution in [1.82, 2.24) is 4.98 Å². The Morgan fingerprint density at radius 1 is 0.641 bits per heavy atom. The Kier molecular flexibility index (Phi) is 5.71. The number of aromatic nitrogens is 1. The number of hydrogen-bond acceptors (Lipinski definition) is 3. The molecule has 1 aliphatic rings. The molecule has 0 unspecified atom stereocenters. The Morgan fingerprint density at radius 2 is 1.26 bits per heavy atom. The van der Waals surface area contributed by atoms with Gasteiger partial charge in [-0.2, -0.15) is 0 Å². The van der Waals surface area contributed by atoms with Gasteiger partial charge in [0.2, 0.25) is 0 Å². The van der Waals surface area contributed by atoms with Gasteiger partial charge in [0, 0.05) is 20.7 Å². The fourth-order valence-electron chi connectivity index (χ4n) is 5.37. The molecule has 0 spiro atoms. The highest BCUT2D eigenvalue weighted by molar-refractivity contribution is 7.99. The van der Waals surface area contributed by atoms with Crippen LogP contribution in [0.4, 0.5) is 21.5 Å². The zero-order chi connectivity index (χ0) is 26.5. The number of aryl methyl sites for hydroxylation is 2. The number of anilines is 3. The van der Waals surface area contributed by atoms with Crippen LogP contribution in [0.3, 0.4) is 0 Å². The molecule has 2 heterocycles. The van der Waals surface area contributed by atoms with Crippen LogP contribution in [-0.2, 0) is 0 Å². The lowest BCUT2D eigenvalue weighted by molar-refractivity contribution is 0.628. The van der Waals surface area contributed by atoms with E-state index in [4.69, 9.17) is 4.98 Å². The molecule has 1 aliphatic heterocycles. The molecule has 0 atom stereocenters. The molecule has 6 aromatic rings. The van der Waals surface area contributed by atoms with Crippen LogP contribution >= 0.6 is 11.8 Å². The second kappa shape index (κ2) is 9.40. The van der Waals surface area contributed by atoms with Gasteiger partial charge in [-0.15, -0.1) is 0 Å². The molecule has 2 nitrogen and oxygen atoms in total. The summed E-state index contributed by atoms with van der Waals surface area (Å²) >= 11 is 1.79. The number of hydrogen-bond donors (Lipinski definition) is 0. The molecule has 1 aromatic heterocycles. The summed E-state index contributed by atoms with van der Waals surface area (Å²) in [5.41, 5.74) is 10.5. The minimum atomic E-state index is -0.256. The van der Waals surface area contributed by atoms with Crippen LogP contribution in [0.25, 0.3) is 33.3 Å². The van der Waals surface area contributed by atoms with Crippen molar-refractivity contribution in [2.45, 2.75) is 23.6 Å². The van der Waals surface area contributed by atoms with Gasteiger partial charge >= 0.3 is 0 Å². The first-order valence-electron chi connectivity index (χ1n) is 13.0. The second-order valence-electron chi connectivity index (χ2n) is 9.93. The molecule has 188 valence electrons. The van der Waals surface area contributed by atoms with Crippen molar-refractivity contribution in [3.63, 3.8) is 0 Å². The SMILES string of the molecule is Cc1ccc(-c2cc(-c3ccc(F)cc3)nc3c(N4c5ccccc5Sc5ccccc54)ccc(C)c23)cc1. The minimum absolute atomic E-state index is 0.256. The van der Waals surface area contributed by atoms with E-state index in [0.29, 0.717) is 0 Å². The highest BCUT2D eigenvalue weighted by atomic mass is 32.2. The monoisotopic (exact) mass is 524 g/mol. The van der Waals surface area contributed by atoms with Crippen molar-refractivity contribution >= 4 is 39.7 Å². The number of pyridine rings is 1. The largest absolute Gasteiger partial charge is 0.306 e. The summed E-state index contributed by atoms with van der Waals surface area (Å²) in [4.78, 5) is 10.0. The van der Waals surface area contributed by atoms with Crippen LogP contribution in [0.15, 0.2) is 125 Å². The first kappa shape index (κ1) is 23.7. The van der Waals surface area contributed by atoms with Crippen LogP contribution in [0, 0.1) is 19.7 Å². The summed E-state index contributed by atoms with van der Waals surface area (Å²) in [6.45, 7) is 4.25. The predicted molar refractivity (Wildman–Crippen MR) is 161 cm³/mol. The average Bonchev–Trinajstić information content (AvgIpc) is 2.97. The molecule has 0 N–H and O–H groups in total. The third kappa shape index (κ3) is 4.08. The van der Waals surface area contributed by atoms with Crippen LogP contribution in [0.1, 0.15) is 11.1 Å². The van der Waals surface area contributed by atoms with E-state index in [1.54, 1.807) is 23.9 Å². The summed E-state index contributed by atoms with van der Waals surface area (Å²) in [5.74, 6) is -0.256. The topological polar surface area (TPSA) is 16.1 Å². The van der Waals surface area contributed by atoms with Crippen LogP contribution < -0.4 is 4.90 Å². The normalized spacial score (nSPS) is 12.3. The van der Waals surface area contributed by atoms with Gasteiger partial charge in [0.1, 0.15) is 5.82 Å². The lowest BCUT2D eigenvalue weighted by Crippen LogP contribution is -2.15. The van der Waals surface area contributed by atoms with Crippen molar-refractivity contribution in [3.8, 4) is 22.4 Å². The maximum absolute atomic E-state index is 13.8. The van der Waals surface area contributed by atoms with Crippen molar-refractivity contribution in [2.24, 2.45) is 0 Å². The van der Waals surface area contributed by atoms with Crippen LogP contribution in [0.2, 0.25) is 0 Å². The highest BCUT2D eigenvalue weighted by Crippen LogP contribution is 2.53. The molecule has 0 saturated heterocycles. The van der Waals surface area contributed by atoms with E-state index in [0.717, 1.165) is 55.9 Å². The van der Waals surface area contributed by atoms with Gasteiger partial charge in [-0.3, -0.25) is 0 Å². The third-order valence-corrected chi connectivity index (χ3v) is 8.45. The molecule has 0 amide bonds. The fraction of sp³-hybridized carbons (Fsp3) is 0.0571. The van der Waals surface area contributed by atoms with Gasteiger partial charge in [-0.1, -0.05) is 71.9 Å². The number of nitrogens with zero attached hydrogens (tertiary/aromatic N) is 2. The first-order chi connectivity index (χ1) is 19.1. The molecule has 0 saturated carbocycles. The lowest BCUT2D eigenvalue weighted by atomic mass is 9.94. The molecule has 0 radical (unpaired) electrons. The van der Waals surface area contributed by atoms with Gasteiger partial charge in [0.15, 0.2) is 0 Å². The molecular formula is C35H25FN2S. The van der Waals surface area contributed by atoms with E-state index in [-0.39, 0.29) is 5.82 Å². The summed E-state index contributed by atoms with van der Waals surface area (Å²) in [5, 5.41) is 1.12. The van der Waals surface area contributed by atoms with E-state index < -0.39 is 0 Å². The van der Waals surface area contributed by atoms with Crippen LogP contribution in [0.5, 0.6) is 0 Å². The van der Waals surface area contributed by atoms with E-state index in [2.05, 4.69) is 110 Å². The quantitative estimate of drug-likeness (QED) is 0.229. The molecule has 7 rings (SSSR count). The molecule has 0 fully saturated rings. The van der Waals surface area contributed by atoms with Gasteiger partial charge in [-0.25, -0.2) is 9.37 Å². The second-order valence-corrected chi connectivity index (χ2v) is 11.0. The van der Waals surface area contributed by atoms with Crippen molar-refractivity contribution in [1.29, 1.82) is 0 Å². The molecule has 5 aromatic carbocycles. The van der Waals surface area contributed by atoms with E-state index in [1.165, 1.54) is 27.5 Å². The maximum atomic E-state index is 13.8. The average molecular weight is 525 g/mol. The molecule has 0 bridgehead atoms. The summed E-state index contributed by atoms with van der Waals surface area (Å²) in [6, 6.07) is 38.8. The number of para-hydroxylation sites is 2. The summed E-state index contributed by atoms with van der Waals surface area (Å²) in [7, 11) is 0. The Balaban J connectivity index is 1.57. The van der Waals surface area contributed by atoms with Gasteiger partial charge in [-0.05, 0) is 91.2 Å². The first-order valence-corrected chi connectivity index (χ1v) is 13.8.